The van der Waals surface area contributed by atoms with Gasteiger partial charge in [0.2, 0.25) is 5.91 Å². The third kappa shape index (κ3) is 3.51. The van der Waals surface area contributed by atoms with Gasteiger partial charge in [0.15, 0.2) is 0 Å². The molecule has 4 heteroatoms. The Morgan fingerprint density at radius 2 is 1.95 bits per heavy atom. The highest BCUT2D eigenvalue weighted by molar-refractivity contribution is 5.95. The Kier molecular flexibility index (Phi) is 4.33. The van der Waals surface area contributed by atoms with E-state index in [1.807, 2.05) is 39.0 Å². The summed E-state index contributed by atoms with van der Waals surface area (Å²) in [5.41, 5.74) is 7.73. The summed E-state index contributed by atoms with van der Waals surface area (Å²) in [7, 11) is 0. The standard InChI is InChI=1S/C16H25N3O/c1-16(2,3)14(17)15(20)18-12-7-6-8-13(11-12)19-9-4-5-10-19/h6-8,11,14H,4-5,9-10,17H2,1-3H3,(H,18,20)/t14-/m0/s1. The van der Waals surface area contributed by atoms with Crippen molar-refractivity contribution < 1.29 is 4.79 Å². The Balaban J connectivity index is 2.06. The molecular formula is C16H25N3O. The van der Waals surface area contributed by atoms with Crippen LogP contribution >= 0.6 is 0 Å². The van der Waals surface area contributed by atoms with Crippen LogP contribution in [0.25, 0.3) is 0 Å². The molecule has 0 unspecified atom stereocenters. The van der Waals surface area contributed by atoms with E-state index in [1.54, 1.807) is 0 Å². The van der Waals surface area contributed by atoms with E-state index in [0.29, 0.717) is 0 Å². The van der Waals surface area contributed by atoms with Crippen LogP contribution in [0.15, 0.2) is 24.3 Å². The normalized spacial score (nSPS) is 17.1. The number of hydrogen-bond donors (Lipinski definition) is 2. The van der Waals surface area contributed by atoms with Gasteiger partial charge in [-0.1, -0.05) is 26.8 Å². The summed E-state index contributed by atoms with van der Waals surface area (Å²) >= 11 is 0. The number of nitrogens with one attached hydrogen (secondary N) is 1. The predicted molar refractivity (Wildman–Crippen MR) is 83.9 cm³/mol. The minimum atomic E-state index is -0.516. The maximum Gasteiger partial charge on any atom is 0.241 e. The lowest BCUT2D eigenvalue weighted by Gasteiger charge is -2.26. The largest absolute Gasteiger partial charge is 0.371 e. The average Bonchev–Trinajstić information content (AvgIpc) is 2.91. The van der Waals surface area contributed by atoms with E-state index in [2.05, 4.69) is 16.3 Å². The molecule has 1 aliphatic rings. The predicted octanol–water partition coefficient (Wildman–Crippen LogP) is 2.60. The molecule has 1 aromatic carbocycles. The van der Waals surface area contributed by atoms with Crippen molar-refractivity contribution in [1.29, 1.82) is 0 Å². The number of carbonyl (C=O) groups is 1. The Morgan fingerprint density at radius 1 is 1.30 bits per heavy atom. The van der Waals surface area contributed by atoms with E-state index >= 15 is 0 Å². The van der Waals surface area contributed by atoms with Gasteiger partial charge in [0.1, 0.15) is 0 Å². The van der Waals surface area contributed by atoms with Crippen molar-refractivity contribution in [2.45, 2.75) is 39.7 Å². The topological polar surface area (TPSA) is 58.4 Å². The van der Waals surface area contributed by atoms with Crippen molar-refractivity contribution in [3.63, 3.8) is 0 Å². The van der Waals surface area contributed by atoms with Crippen LogP contribution in [-0.4, -0.2) is 25.0 Å². The fourth-order valence-corrected chi connectivity index (χ4v) is 2.37. The van der Waals surface area contributed by atoms with Crippen molar-refractivity contribution in [3.05, 3.63) is 24.3 Å². The summed E-state index contributed by atoms with van der Waals surface area (Å²) in [4.78, 5) is 14.5. The van der Waals surface area contributed by atoms with Crippen LogP contribution in [0, 0.1) is 5.41 Å². The average molecular weight is 275 g/mol. The lowest BCUT2D eigenvalue weighted by molar-refractivity contribution is -0.119. The molecule has 0 saturated carbocycles. The van der Waals surface area contributed by atoms with Gasteiger partial charge < -0.3 is 16.0 Å². The van der Waals surface area contributed by atoms with Gasteiger partial charge in [-0.15, -0.1) is 0 Å². The summed E-state index contributed by atoms with van der Waals surface area (Å²) in [5, 5.41) is 2.92. The minimum Gasteiger partial charge on any atom is -0.371 e. The van der Waals surface area contributed by atoms with Crippen molar-refractivity contribution in [2.75, 3.05) is 23.3 Å². The molecule has 1 aliphatic heterocycles. The zero-order valence-corrected chi connectivity index (χ0v) is 12.6. The molecule has 1 fully saturated rings. The maximum absolute atomic E-state index is 12.1. The zero-order valence-electron chi connectivity index (χ0n) is 12.6. The third-order valence-corrected chi connectivity index (χ3v) is 3.80. The number of nitrogens with two attached hydrogens (primary N) is 1. The SMILES string of the molecule is CC(C)(C)[C@@H](N)C(=O)Nc1cccc(N2CCCC2)c1. The van der Waals surface area contributed by atoms with Crippen LogP contribution in [0.5, 0.6) is 0 Å². The summed E-state index contributed by atoms with van der Waals surface area (Å²) in [5.74, 6) is -0.129. The lowest BCUT2D eigenvalue weighted by Crippen LogP contribution is -2.45. The van der Waals surface area contributed by atoms with Gasteiger partial charge in [-0.05, 0) is 36.5 Å². The van der Waals surface area contributed by atoms with Crippen LogP contribution < -0.4 is 16.0 Å². The fraction of sp³-hybridized carbons (Fsp3) is 0.562. The van der Waals surface area contributed by atoms with Crippen LogP contribution in [0.3, 0.4) is 0 Å². The first-order valence-corrected chi connectivity index (χ1v) is 7.29. The molecule has 1 atom stereocenters. The summed E-state index contributed by atoms with van der Waals surface area (Å²) in [6.45, 7) is 8.10. The number of hydrogen-bond acceptors (Lipinski definition) is 3. The van der Waals surface area contributed by atoms with Gasteiger partial charge in [-0.2, -0.15) is 0 Å². The second-order valence-corrected chi connectivity index (χ2v) is 6.58. The molecule has 1 aromatic rings. The minimum absolute atomic E-state index is 0.129. The third-order valence-electron chi connectivity index (χ3n) is 3.80. The van der Waals surface area contributed by atoms with Crippen molar-refractivity contribution in [2.24, 2.45) is 11.1 Å². The Morgan fingerprint density at radius 3 is 2.55 bits per heavy atom. The van der Waals surface area contributed by atoms with Gasteiger partial charge in [0.25, 0.3) is 0 Å². The van der Waals surface area contributed by atoms with Gasteiger partial charge in [-0.3, -0.25) is 4.79 Å². The van der Waals surface area contributed by atoms with E-state index in [-0.39, 0.29) is 11.3 Å². The first-order chi connectivity index (χ1) is 9.38. The summed E-state index contributed by atoms with van der Waals surface area (Å²) in [6, 6.07) is 7.49. The highest BCUT2D eigenvalue weighted by Crippen LogP contribution is 2.24. The molecule has 0 bridgehead atoms. The van der Waals surface area contributed by atoms with Gasteiger partial charge >= 0.3 is 0 Å². The van der Waals surface area contributed by atoms with Crippen molar-refractivity contribution >= 4 is 17.3 Å². The molecule has 20 heavy (non-hydrogen) atoms. The van der Waals surface area contributed by atoms with E-state index in [4.69, 9.17) is 5.73 Å². The van der Waals surface area contributed by atoms with E-state index in [1.165, 1.54) is 18.5 Å². The number of anilines is 2. The Bertz CT molecular complexity index is 473. The number of nitrogens with zero attached hydrogens (tertiary/aromatic N) is 1. The van der Waals surface area contributed by atoms with Crippen LogP contribution in [-0.2, 0) is 4.79 Å². The molecule has 0 aromatic heterocycles. The van der Waals surface area contributed by atoms with E-state index in [9.17, 15) is 4.79 Å². The van der Waals surface area contributed by atoms with Crippen LogP contribution in [0.4, 0.5) is 11.4 Å². The van der Waals surface area contributed by atoms with Gasteiger partial charge in [0, 0.05) is 24.5 Å². The van der Waals surface area contributed by atoms with Crippen LogP contribution in [0.1, 0.15) is 33.6 Å². The molecule has 3 N–H and O–H groups in total. The summed E-state index contributed by atoms with van der Waals surface area (Å²) in [6.07, 6.45) is 2.48. The molecule has 4 nitrogen and oxygen atoms in total. The second-order valence-electron chi connectivity index (χ2n) is 6.58. The maximum atomic E-state index is 12.1. The van der Waals surface area contributed by atoms with Gasteiger partial charge in [-0.25, -0.2) is 0 Å². The molecule has 1 heterocycles. The lowest BCUT2D eigenvalue weighted by atomic mass is 9.87. The number of amides is 1. The van der Waals surface area contributed by atoms with Crippen LogP contribution in [0.2, 0.25) is 0 Å². The van der Waals surface area contributed by atoms with Crippen molar-refractivity contribution in [1.82, 2.24) is 0 Å². The zero-order chi connectivity index (χ0) is 14.8. The second kappa shape index (κ2) is 5.83. The molecule has 2 rings (SSSR count). The smallest absolute Gasteiger partial charge is 0.241 e. The Hall–Kier alpha value is -1.55. The van der Waals surface area contributed by atoms with E-state index in [0.717, 1.165) is 18.8 Å². The molecular weight excluding hydrogens is 250 g/mol. The molecule has 0 radical (unpaired) electrons. The molecule has 0 spiro atoms. The highest BCUT2D eigenvalue weighted by atomic mass is 16.2. The molecule has 1 amide bonds. The summed E-state index contributed by atoms with van der Waals surface area (Å²) < 4.78 is 0. The first kappa shape index (κ1) is 14.9. The molecule has 110 valence electrons. The molecule has 0 aliphatic carbocycles. The van der Waals surface area contributed by atoms with Gasteiger partial charge in [0.05, 0.1) is 6.04 Å². The Labute approximate surface area is 121 Å². The van der Waals surface area contributed by atoms with E-state index < -0.39 is 6.04 Å². The fourth-order valence-electron chi connectivity index (χ4n) is 2.37. The number of rotatable bonds is 3. The monoisotopic (exact) mass is 275 g/mol. The quantitative estimate of drug-likeness (QED) is 0.891. The molecule has 1 saturated heterocycles. The first-order valence-electron chi connectivity index (χ1n) is 7.29. The number of carbonyl (C=O) groups excluding carboxylic acids is 1. The number of benzene rings is 1. The van der Waals surface area contributed by atoms with Crippen molar-refractivity contribution in [3.8, 4) is 0 Å². The highest BCUT2D eigenvalue weighted by Gasteiger charge is 2.27.